The van der Waals surface area contributed by atoms with Crippen molar-refractivity contribution in [3.63, 3.8) is 0 Å². The molecule has 1 aliphatic carbocycles. The molecule has 1 aromatic carbocycles. The van der Waals surface area contributed by atoms with E-state index in [0.29, 0.717) is 18.6 Å². The molecule has 5 heteroatoms. The first-order valence-electron chi connectivity index (χ1n) is 11.5. The monoisotopic (exact) mass is 408 g/mol. The molecule has 1 aliphatic heterocycles. The van der Waals surface area contributed by atoms with Crippen LogP contribution in [0, 0.1) is 32.6 Å². The highest BCUT2D eigenvalue weighted by atomic mass is 16.1. The van der Waals surface area contributed by atoms with Crippen LogP contribution in [0.5, 0.6) is 0 Å². The summed E-state index contributed by atoms with van der Waals surface area (Å²) in [5.74, 6) is 2.13. The van der Waals surface area contributed by atoms with Gasteiger partial charge >= 0.3 is 0 Å². The zero-order valence-electron chi connectivity index (χ0n) is 19.4. The molecule has 3 unspecified atom stereocenters. The number of rotatable bonds is 3. The predicted molar refractivity (Wildman–Crippen MR) is 123 cm³/mol. The number of fused-ring (bicyclic) bond motifs is 1. The van der Waals surface area contributed by atoms with Crippen molar-refractivity contribution in [1.29, 1.82) is 0 Å². The molecule has 5 nitrogen and oxygen atoms in total. The van der Waals surface area contributed by atoms with E-state index in [4.69, 9.17) is 4.98 Å². The Kier molecular flexibility index (Phi) is 5.75. The van der Waals surface area contributed by atoms with Crippen molar-refractivity contribution >= 4 is 11.6 Å². The van der Waals surface area contributed by atoms with Gasteiger partial charge in [0.2, 0.25) is 5.95 Å². The van der Waals surface area contributed by atoms with Gasteiger partial charge in [0, 0.05) is 23.0 Å². The quantitative estimate of drug-likeness (QED) is 0.722. The number of aryl methyl sites for hydroxylation is 3. The molecule has 2 aromatic rings. The maximum absolute atomic E-state index is 13.4. The minimum Gasteiger partial charge on any atom is -0.298 e. The van der Waals surface area contributed by atoms with Gasteiger partial charge in [0.1, 0.15) is 0 Å². The van der Waals surface area contributed by atoms with Gasteiger partial charge in [0.15, 0.2) is 0 Å². The second kappa shape index (κ2) is 8.18. The highest BCUT2D eigenvalue weighted by molar-refractivity contribution is 5.63. The minimum absolute atomic E-state index is 0.121. The summed E-state index contributed by atoms with van der Waals surface area (Å²) in [5.41, 5.74) is 5.44. The molecular formula is C25H36N4O. The fourth-order valence-corrected chi connectivity index (χ4v) is 5.47. The second-order valence-electron chi connectivity index (χ2n) is 9.49. The molecule has 2 heterocycles. The van der Waals surface area contributed by atoms with E-state index in [1.807, 2.05) is 18.4 Å². The number of nitrogens with zero attached hydrogens (tertiary/aromatic N) is 4. The van der Waals surface area contributed by atoms with Crippen LogP contribution < -0.4 is 10.5 Å². The van der Waals surface area contributed by atoms with Gasteiger partial charge in [-0.05, 0) is 57.1 Å². The topological polar surface area (TPSA) is 41.4 Å². The Morgan fingerprint density at radius 3 is 2.57 bits per heavy atom. The van der Waals surface area contributed by atoms with Crippen LogP contribution in [0.3, 0.4) is 0 Å². The van der Waals surface area contributed by atoms with Crippen LogP contribution in [0.15, 0.2) is 23.0 Å². The van der Waals surface area contributed by atoms with Gasteiger partial charge in [0.25, 0.3) is 5.56 Å². The molecule has 30 heavy (non-hydrogen) atoms. The average molecular weight is 409 g/mol. The molecular weight excluding hydrogens is 372 g/mol. The van der Waals surface area contributed by atoms with E-state index in [9.17, 15) is 4.79 Å². The van der Waals surface area contributed by atoms with E-state index in [2.05, 4.69) is 55.7 Å². The van der Waals surface area contributed by atoms with E-state index < -0.39 is 0 Å². The van der Waals surface area contributed by atoms with Crippen molar-refractivity contribution in [3.05, 3.63) is 50.9 Å². The second-order valence-corrected chi connectivity index (χ2v) is 9.49. The van der Waals surface area contributed by atoms with Gasteiger partial charge in [-0.25, -0.2) is 4.98 Å². The van der Waals surface area contributed by atoms with Gasteiger partial charge < -0.3 is 0 Å². The Morgan fingerprint density at radius 1 is 1.10 bits per heavy atom. The minimum atomic E-state index is 0.121. The fourth-order valence-electron chi connectivity index (χ4n) is 5.47. The molecule has 1 fully saturated rings. The summed E-state index contributed by atoms with van der Waals surface area (Å²) in [7, 11) is 0. The van der Waals surface area contributed by atoms with Crippen LogP contribution in [0.4, 0.5) is 11.6 Å². The number of aromatic nitrogens is 2. The van der Waals surface area contributed by atoms with E-state index in [-0.39, 0.29) is 5.56 Å². The SMILES string of the molecule is CCc1c(C)nc2n(c1=O)CN(C1CCCC(C)C1C)CN2c1ccc(C)cc1C. The lowest BCUT2D eigenvalue weighted by atomic mass is 9.77. The van der Waals surface area contributed by atoms with Crippen LogP contribution in [0.2, 0.25) is 0 Å². The lowest BCUT2D eigenvalue weighted by molar-refractivity contribution is 0.0491. The molecule has 1 aromatic heterocycles. The molecule has 2 aliphatic rings. The number of hydrogen-bond acceptors (Lipinski definition) is 4. The van der Waals surface area contributed by atoms with Crippen molar-refractivity contribution in [1.82, 2.24) is 14.5 Å². The maximum atomic E-state index is 13.4. The van der Waals surface area contributed by atoms with E-state index in [1.165, 1.54) is 30.4 Å². The normalized spacial score (nSPS) is 24.7. The van der Waals surface area contributed by atoms with E-state index in [0.717, 1.165) is 41.9 Å². The number of anilines is 2. The van der Waals surface area contributed by atoms with Crippen molar-refractivity contribution in [2.75, 3.05) is 11.6 Å². The highest BCUT2D eigenvalue weighted by Gasteiger charge is 2.36. The van der Waals surface area contributed by atoms with Crippen molar-refractivity contribution in [3.8, 4) is 0 Å². The third-order valence-corrected chi connectivity index (χ3v) is 7.47. The maximum Gasteiger partial charge on any atom is 0.259 e. The Hall–Kier alpha value is -2.14. The van der Waals surface area contributed by atoms with Gasteiger partial charge in [-0.2, -0.15) is 0 Å². The predicted octanol–water partition coefficient (Wildman–Crippen LogP) is 4.92. The zero-order valence-corrected chi connectivity index (χ0v) is 19.4. The molecule has 0 bridgehead atoms. The third kappa shape index (κ3) is 3.58. The Balaban J connectivity index is 1.84. The summed E-state index contributed by atoms with van der Waals surface area (Å²) >= 11 is 0. The van der Waals surface area contributed by atoms with Crippen LogP contribution >= 0.6 is 0 Å². The highest BCUT2D eigenvalue weighted by Crippen LogP contribution is 2.37. The molecule has 0 spiro atoms. The van der Waals surface area contributed by atoms with Crippen LogP contribution in [-0.4, -0.2) is 27.2 Å². The Labute approximate surface area is 180 Å². The van der Waals surface area contributed by atoms with Gasteiger partial charge in [0.05, 0.1) is 13.3 Å². The summed E-state index contributed by atoms with van der Waals surface area (Å²) in [5, 5.41) is 0. The van der Waals surface area contributed by atoms with Crippen molar-refractivity contribution in [2.45, 2.75) is 79.9 Å². The number of benzene rings is 1. The van der Waals surface area contributed by atoms with Crippen molar-refractivity contribution in [2.24, 2.45) is 11.8 Å². The standard InChI is InChI=1S/C25H36N4O/c1-7-21-20(6)26-25-28(22-12-11-16(2)13-18(22)4)14-27(15-29(25)24(21)30)23-10-8-9-17(3)19(23)5/h11-13,17,19,23H,7-10,14-15H2,1-6H3. The zero-order chi connectivity index (χ0) is 21.6. The molecule has 0 N–H and O–H groups in total. The molecule has 1 saturated carbocycles. The summed E-state index contributed by atoms with van der Waals surface area (Å²) in [6.07, 6.45) is 4.50. The lowest BCUT2D eigenvalue weighted by Crippen LogP contribution is -2.54. The first-order valence-corrected chi connectivity index (χ1v) is 11.5. The van der Waals surface area contributed by atoms with Crippen LogP contribution in [0.25, 0.3) is 0 Å². The number of hydrogen-bond donors (Lipinski definition) is 0. The Morgan fingerprint density at radius 2 is 1.87 bits per heavy atom. The average Bonchev–Trinajstić information content (AvgIpc) is 2.70. The third-order valence-electron chi connectivity index (χ3n) is 7.47. The first-order chi connectivity index (χ1) is 14.3. The summed E-state index contributed by atoms with van der Waals surface area (Å²) < 4.78 is 1.92. The molecule has 0 saturated heterocycles. The summed E-state index contributed by atoms with van der Waals surface area (Å²) in [4.78, 5) is 23.1. The first kappa shape index (κ1) is 21.1. The molecule has 4 rings (SSSR count). The Bertz CT molecular complexity index is 995. The molecule has 0 amide bonds. The molecule has 162 valence electrons. The van der Waals surface area contributed by atoms with E-state index >= 15 is 0 Å². The van der Waals surface area contributed by atoms with Crippen LogP contribution in [0.1, 0.15) is 62.4 Å². The largest absolute Gasteiger partial charge is 0.298 e. The van der Waals surface area contributed by atoms with Gasteiger partial charge in [-0.15, -0.1) is 0 Å². The van der Waals surface area contributed by atoms with Crippen LogP contribution in [-0.2, 0) is 13.1 Å². The molecule has 3 atom stereocenters. The fraction of sp³-hybridized carbons (Fsp3) is 0.600. The van der Waals surface area contributed by atoms with Crippen molar-refractivity contribution < 1.29 is 0 Å². The lowest BCUT2D eigenvalue weighted by Gasteiger charge is -2.47. The summed E-state index contributed by atoms with van der Waals surface area (Å²) in [6, 6.07) is 7.05. The van der Waals surface area contributed by atoms with E-state index in [1.54, 1.807) is 0 Å². The van der Waals surface area contributed by atoms with Gasteiger partial charge in [-0.1, -0.05) is 51.3 Å². The summed E-state index contributed by atoms with van der Waals surface area (Å²) in [6.45, 7) is 14.5. The smallest absolute Gasteiger partial charge is 0.259 e. The van der Waals surface area contributed by atoms with Gasteiger partial charge in [-0.3, -0.25) is 19.2 Å². The molecule has 0 radical (unpaired) electrons.